The lowest BCUT2D eigenvalue weighted by molar-refractivity contribution is -0.137. The molecule has 7 heteroatoms. The summed E-state index contributed by atoms with van der Waals surface area (Å²) in [7, 11) is 0. The fourth-order valence-corrected chi connectivity index (χ4v) is 4.08. The van der Waals surface area contributed by atoms with Gasteiger partial charge in [0.1, 0.15) is 5.25 Å². The zero-order chi connectivity index (χ0) is 13.5. The quantitative estimate of drug-likeness (QED) is 0.813. The highest BCUT2D eigenvalue weighted by atomic mass is 32.2. The van der Waals surface area contributed by atoms with Gasteiger partial charge in [-0.2, -0.15) is 0 Å². The van der Waals surface area contributed by atoms with Crippen molar-refractivity contribution in [2.24, 2.45) is 0 Å². The van der Waals surface area contributed by atoms with Crippen LogP contribution in [0.4, 0.5) is 0 Å². The number of rotatable bonds is 4. The Bertz CT molecular complexity index is 634. The van der Waals surface area contributed by atoms with Crippen molar-refractivity contribution < 1.29 is 9.53 Å². The second-order valence-electron chi connectivity index (χ2n) is 4.95. The lowest BCUT2D eigenvalue weighted by Crippen LogP contribution is -2.11. The molecular weight excluding hydrogens is 294 g/mol. The van der Waals surface area contributed by atoms with Gasteiger partial charge < -0.3 is 4.74 Å². The van der Waals surface area contributed by atoms with E-state index in [2.05, 4.69) is 20.8 Å². The molecule has 1 saturated heterocycles. The summed E-state index contributed by atoms with van der Waals surface area (Å²) in [5, 5.41) is 11.4. The van der Waals surface area contributed by atoms with E-state index < -0.39 is 0 Å². The van der Waals surface area contributed by atoms with Crippen LogP contribution in [0.15, 0.2) is 22.7 Å². The number of ether oxygens (including phenoxy) is 1. The van der Waals surface area contributed by atoms with E-state index in [-0.39, 0.29) is 11.2 Å². The lowest BCUT2D eigenvalue weighted by Gasteiger charge is -2.09. The molecule has 0 radical (unpaired) electrons. The highest BCUT2D eigenvalue weighted by Crippen LogP contribution is 2.43. The molecule has 1 atom stereocenters. The van der Waals surface area contributed by atoms with E-state index in [0.717, 1.165) is 22.3 Å². The van der Waals surface area contributed by atoms with E-state index in [4.69, 9.17) is 4.74 Å². The van der Waals surface area contributed by atoms with Gasteiger partial charge in [-0.25, -0.2) is 0 Å². The Labute approximate surface area is 124 Å². The molecule has 2 aromatic rings. The summed E-state index contributed by atoms with van der Waals surface area (Å²) in [4.78, 5) is 12.7. The number of thiophene rings is 1. The summed E-state index contributed by atoms with van der Waals surface area (Å²) >= 11 is 3.16. The Morgan fingerprint density at radius 2 is 2.25 bits per heavy atom. The predicted molar refractivity (Wildman–Crippen MR) is 76.8 cm³/mol. The number of carbonyl (C=O) groups is 1. The molecule has 104 valence electrons. The van der Waals surface area contributed by atoms with Crippen LogP contribution in [0.3, 0.4) is 0 Å². The van der Waals surface area contributed by atoms with Gasteiger partial charge in [-0.05, 0) is 24.3 Å². The van der Waals surface area contributed by atoms with Gasteiger partial charge in [-0.3, -0.25) is 9.36 Å². The average Bonchev–Trinajstić information content (AvgIpc) is 2.88. The first-order valence-corrected chi connectivity index (χ1v) is 8.41. The van der Waals surface area contributed by atoms with Gasteiger partial charge in [-0.1, -0.05) is 17.8 Å². The van der Waals surface area contributed by atoms with Crippen molar-refractivity contribution in [1.29, 1.82) is 0 Å². The number of carbonyl (C=O) groups excluding carboxylic acids is 1. The normalized spacial score (nSPS) is 22.2. The van der Waals surface area contributed by atoms with Crippen LogP contribution in [-0.2, 0) is 9.53 Å². The minimum atomic E-state index is -0.132. The third-order valence-corrected chi connectivity index (χ3v) is 5.52. The molecule has 2 fully saturated rings. The van der Waals surface area contributed by atoms with Gasteiger partial charge in [0.2, 0.25) is 0 Å². The number of nitrogens with zero attached hydrogens (tertiary/aromatic N) is 3. The first-order chi connectivity index (χ1) is 9.83. The van der Waals surface area contributed by atoms with E-state index in [1.54, 1.807) is 11.3 Å². The van der Waals surface area contributed by atoms with Gasteiger partial charge in [-0.15, -0.1) is 21.5 Å². The van der Waals surface area contributed by atoms with E-state index in [0.29, 0.717) is 12.6 Å². The number of hydrogen-bond donors (Lipinski definition) is 0. The summed E-state index contributed by atoms with van der Waals surface area (Å²) in [6, 6.07) is 4.57. The van der Waals surface area contributed by atoms with Crippen LogP contribution in [0.2, 0.25) is 0 Å². The maximum absolute atomic E-state index is 11.6. The van der Waals surface area contributed by atoms with Gasteiger partial charge in [0.15, 0.2) is 11.0 Å². The Morgan fingerprint density at radius 1 is 1.35 bits per heavy atom. The maximum atomic E-state index is 11.6. The van der Waals surface area contributed by atoms with Crippen molar-refractivity contribution >= 4 is 29.1 Å². The highest BCUT2D eigenvalue weighted by Gasteiger charge is 2.34. The Balaban J connectivity index is 1.68. The zero-order valence-corrected chi connectivity index (χ0v) is 12.3. The summed E-state index contributed by atoms with van der Waals surface area (Å²) in [6.07, 6.45) is 3.09. The minimum absolute atomic E-state index is 0.127. The molecule has 0 N–H and O–H groups in total. The fourth-order valence-electron chi connectivity index (χ4n) is 2.30. The number of esters is 1. The lowest BCUT2D eigenvalue weighted by atomic mass is 10.4. The van der Waals surface area contributed by atoms with Crippen molar-refractivity contribution in [3.05, 3.63) is 17.5 Å². The van der Waals surface area contributed by atoms with Crippen LogP contribution in [0.25, 0.3) is 10.7 Å². The topological polar surface area (TPSA) is 57.0 Å². The average molecular weight is 307 g/mol. The molecule has 20 heavy (non-hydrogen) atoms. The van der Waals surface area contributed by atoms with Crippen molar-refractivity contribution in [3.63, 3.8) is 0 Å². The zero-order valence-electron chi connectivity index (χ0n) is 10.7. The molecule has 2 aromatic heterocycles. The highest BCUT2D eigenvalue weighted by molar-refractivity contribution is 8.00. The molecule has 1 aliphatic carbocycles. The van der Waals surface area contributed by atoms with Gasteiger partial charge in [0, 0.05) is 12.5 Å². The van der Waals surface area contributed by atoms with E-state index in [9.17, 15) is 4.79 Å². The first-order valence-electron chi connectivity index (χ1n) is 6.65. The van der Waals surface area contributed by atoms with Crippen molar-refractivity contribution in [1.82, 2.24) is 14.8 Å². The number of cyclic esters (lactones) is 1. The second-order valence-corrected chi connectivity index (χ2v) is 7.06. The Hall–Kier alpha value is -1.34. The Kier molecular flexibility index (Phi) is 3.03. The number of thioether (sulfide) groups is 1. The molecule has 4 rings (SSSR count). The van der Waals surface area contributed by atoms with Crippen LogP contribution >= 0.6 is 23.1 Å². The van der Waals surface area contributed by atoms with E-state index in [1.165, 1.54) is 24.6 Å². The number of hydrogen-bond acceptors (Lipinski definition) is 6. The molecule has 0 spiro atoms. The van der Waals surface area contributed by atoms with Gasteiger partial charge in [0.25, 0.3) is 0 Å². The van der Waals surface area contributed by atoms with Crippen LogP contribution in [0.5, 0.6) is 0 Å². The van der Waals surface area contributed by atoms with Crippen LogP contribution in [0, 0.1) is 0 Å². The SMILES string of the molecule is O=C1OCC[C@H]1Sc1nnc(-c2cccs2)n1C1CC1. The monoisotopic (exact) mass is 307 g/mol. The fraction of sp³-hybridized carbons (Fsp3) is 0.462. The predicted octanol–water partition coefficient (Wildman–Crippen LogP) is 2.75. The molecular formula is C13H13N3O2S2. The van der Waals surface area contributed by atoms with Crippen LogP contribution < -0.4 is 0 Å². The van der Waals surface area contributed by atoms with E-state index >= 15 is 0 Å². The third-order valence-electron chi connectivity index (χ3n) is 3.45. The standard InChI is InChI=1S/C13H13N3O2S2/c17-12-10(5-6-18-12)20-13-15-14-11(9-2-1-7-19-9)16(13)8-3-4-8/h1-2,7-8,10H,3-6H2/t10-/m1/s1. The molecule has 0 aromatic carbocycles. The van der Waals surface area contributed by atoms with Gasteiger partial charge in [0.05, 0.1) is 11.5 Å². The largest absolute Gasteiger partial charge is 0.465 e. The molecule has 5 nitrogen and oxygen atoms in total. The molecule has 1 aliphatic heterocycles. The second kappa shape index (κ2) is 4.89. The van der Waals surface area contributed by atoms with Gasteiger partial charge >= 0.3 is 5.97 Å². The third kappa shape index (κ3) is 2.14. The smallest absolute Gasteiger partial charge is 0.319 e. The molecule has 3 heterocycles. The van der Waals surface area contributed by atoms with Crippen LogP contribution in [0.1, 0.15) is 25.3 Å². The molecule has 2 aliphatic rings. The Morgan fingerprint density at radius 3 is 2.90 bits per heavy atom. The molecule has 1 saturated carbocycles. The minimum Gasteiger partial charge on any atom is -0.465 e. The van der Waals surface area contributed by atoms with Crippen molar-refractivity contribution in [2.75, 3.05) is 6.61 Å². The summed E-state index contributed by atoms with van der Waals surface area (Å²) in [5.74, 6) is 0.800. The van der Waals surface area contributed by atoms with Crippen LogP contribution in [-0.4, -0.2) is 32.6 Å². The summed E-state index contributed by atoms with van der Waals surface area (Å²) in [6.45, 7) is 0.520. The first kappa shape index (κ1) is 12.4. The van der Waals surface area contributed by atoms with Crippen molar-refractivity contribution in [3.8, 4) is 10.7 Å². The number of aromatic nitrogens is 3. The maximum Gasteiger partial charge on any atom is 0.319 e. The summed E-state index contributed by atoms with van der Waals surface area (Å²) in [5.41, 5.74) is 0. The van der Waals surface area contributed by atoms with E-state index in [1.807, 2.05) is 11.4 Å². The summed E-state index contributed by atoms with van der Waals surface area (Å²) < 4.78 is 7.21. The molecule has 0 amide bonds. The van der Waals surface area contributed by atoms with Crippen molar-refractivity contribution in [2.45, 2.75) is 35.7 Å². The molecule has 0 unspecified atom stereocenters. The molecule has 0 bridgehead atoms.